The Labute approximate surface area is 241 Å². The topological polar surface area (TPSA) is 93.9 Å². The standard InChI is InChI=1S/C29H26Cl2N6O3/c1-6-19(38)12-16-11-18(36(2)3)7-8-21(16)34-29-33-15-17-13-20(28-32-9-10-37(28)27(17)35-29)24-25(30)22(39-4)14-23(40-5)26(24)31/h6-11,13-15H,1,12H2,2-5H3,(H,33,34,35). The van der Waals surface area contributed by atoms with E-state index in [0.717, 1.165) is 22.3 Å². The van der Waals surface area contributed by atoms with Gasteiger partial charge in [-0.3, -0.25) is 9.20 Å². The van der Waals surface area contributed by atoms with E-state index in [9.17, 15) is 4.79 Å². The molecular weight excluding hydrogens is 551 g/mol. The maximum absolute atomic E-state index is 12.2. The Balaban J connectivity index is 1.63. The zero-order chi connectivity index (χ0) is 28.6. The average Bonchev–Trinajstić information content (AvgIpc) is 3.45. The van der Waals surface area contributed by atoms with Crippen LogP contribution in [0.1, 0.15) is 5.56 Å². The molecule has 0 unspecified atom stereocenters. The van der Waals surface area contributed by atoms with Gasteiger partial charge in [0.15, 0.2) is 11.4 Å². The molecule has 0 fully saturated rings. The highest BCUT2D eigenvalue weighted by atomic mass is 35.5. The van der Waals surface area contributed by atoms with Crippen molar-refractivity contribution in [2.24, 2.45) is 0 Å². The van der Waals surface area contributed by atoms with Crippen LogP contribution in [0.4, 0.5) is 17.3 Å². The summed E-state index contributed by atoms with van der Waals surface area (Å²) in [7, 11) is 6.94. The molecule has 2 aromatic carbocycles. The van der Waals surface area contributed by atoms with E-state index in [0.29, 0.717) is 49.9 Å². The number of anilines is 3. The third kappa shape index (κ3) is 4.89. The Bertz CT molecular complexity index is 1760. The van der Waals surface area contributed by atoms with Crippen molar-refractivity contribution in [2.45, 2.75) is 6.42 Å². The van der Waals surface area contributed by atoms with Crippen molar-refractivity contribution in [1.29, 1.82) is 0 Å². The molecule has 0 aliphatic heterocycles. The number of imidazole rings is 1. The van der Waals surface area contributed by atoms with Gasteiger partial charge in [-0.15, -0.1) is 0 Å². The molecule has 9 nitrogen and oxygen atoms in total. The Morgan fingerprint density at radius 1 is 1.07 bits per heavy atom. The fourth-order valence-corrected chi connectivity index (χ4v) is 5.15. The number of allylic oxidation sites excluding steroid dienone is 1. The number of nitrogens with zero attached hydrogens (tertiary/aromatic N) is 5. The summed E-state index contributed by atoms with van der Waals surface area (Å²) in [6.07, 6.45) is 6.70. The number of nitrogens with one attached hydrogen (secondary N) is 1. The van der Waals surface area contributed by atoms with Crippen molar-refractivity contribution in [1.82, 2.24) is 19.4 Å². The molecule has 0 atom stereocenters. The van der Waals surface area contributed by atoms with Crippen LogP contribution in [-0.2, 0) is 11.2 Å². The van der Waals surface area contributed by atoms with Crippen LogP contribution in [0.3, 0.4) is 0 Å². The summed E-state index contributed by atoms with van der Waals surface area (Å²) in [5.74, 6) is 1.12. The van der Waals surface area contributed by atoms with Crippen LogP contribution in [0.25, 0.3) is 27.8 Å². The second kappa shape index (κ2) is 11.0. The zero-order valence-corrected chi connectivity index (χ0v) is 23.8. The number of aromatic nitrogens is 4. The van der Waals surface area contributed by atoms with E-state index in [1.807, 2.05) is 47.7 Å². The monoisotopic (exact) mass is 576 g/mol. The average molecular weight is 577 g/mol. The smallest absolute Gasteiger partial charge is 0.229 e. The maximum atomic E-state index is 12.2. The Morgan fingerprint density at radius 2 is 1.80 bits per heavy atom. The highest BCUT2D eigenvalue weighted by Gasteiger charge is 2.22. The molecule has 0 saturated carbocycles. The van der Waals surface area contributed by atoms with Crippen LogP contribution in [-0.4, -0.2) is 53.5 Å². The van der Waals surface area contributed by atoms with Crippen LogP contribution in [0, 0.1) is 0 Å². The minimum atomic E-state index is -0.0856. The summed E-state index contributed by atoms with van der Waals surface area (Å²) >= 11 is 13.5. The van der Waals surface area contributed by atoms with Gasteiger partial charge in [-0.2, -0.15) is 4.98 Å². The number of benzene rings is 2. The lowest BCUT2D eigenvalue weighted by atomic mass is 10.0. The van der Waals surface area contributed by atoms with Crippen molar-refractivity contribution in [3.05, 3.63) is 77.2 Å². The first kappa shape index (κ1) is 27.2. The van der Waals surface area contributed by atoms with E-state index in [4.69, 9.17) is 37.7 Å². The van der Waals surface area contributed by atoms with Gasteiger partial charge in [-0.1, -0.05) is 29.8 Å². The molecule has 3 aromatic heterocycles. The molecule has 0 aliphatic rings. The van der Waals surface area contributed by atoms with Crippen LogP contribution in [0.5, 0.6) is 11.5 Å². The van der Waals surface area contributed by atoms with Gasteiger partial charge in [0.05, 0.1) is 24.3 Å². The lowest BCUT2D eigenvalue weighted by molar-refractivity contribution is -0.114. The number of hydrogen-bond donors (Lipinski definition) is 1. The first-order valence-corrected chi connectivity index (χ1v) is 13.0. The molecule has 0 saturated heterocycles. The number of hydrogen-bond acceptors (Lipinski definition) is 8. The van der Waals surface area contributed by atoms with Crippen LogP contribution in [0.2, 0.25) is 10.0 Å². The first-order chi connectivity index (χ1) is 19.2. The first-order valence-electron chi connectivity index (χ1n) is 12.2. The van der Waals surface area contributed by atoms with Crippen molar-refractivity contribution in [2.75, 3.05) is 38.5 Å². The lowest BCUT2D eigenvalue weighted by Crippen LogP contribution is -2.11. The molecule has 1 N–H and O–H groups in total. The fourth-order valence-electron chi connectivity index (χ4n) is 4.44. The zero-order valence-electron chi connectivity index (χ0n) is 22.3. The number of ether oxygens (including phenoxy) is 2. The Kier molecular flexibility index (Phi) is 7.51. The molecule has 0 bridgehead atoms. The molecule has 0 radical (unpaired) electrons. The Hall–Kier alpha value is -4.34. The third-order valence-corrected chi connectivity index (χ3v) is 7.24. The molecule has 0 aliphatic carbocycles. The molecule has 0 spiro atoms. The predicted octanol–water partition coefficient (Wildman–Crippen LogP) is 6.38. The third-order valence-electron chi connectivity index (χ3n) is 6.49. The summed E-state index contributed by atoms with van der Waals surface area (Å²) in [5, 5.41) is 4.67. The van der Waals surface area contributed by atoms with Crippen molar-refractivity contribution >= 4 is 63.0 Å². The predicted molar refractivity (Wildman–Crippen MR) is 160 cm³/mol. The van der Waals surface area contributed by atoms with Crippen molar-refractivity contribution < 1.29 is 14.3 Å². The van der Waals surface area contributed by atoms with Gasteiger partial charge >= 0.3 is 0 Å². The van der Waals surface area contributed by atoms with Gasteiger partial charge in [0.2, 0.25) is 5.95 Å². The van der Waals surface area contributed by atoms with Crippen molar-refractivity contribution in [3.63, 3.8) is 0 Å². The number of fused-ring (bicyclic) bond motifs is 3. The normalized spacial score (nSPS) is 11.1. The van der Waals surface area contributed by atoms with E-state index >= 15 is 0 Å². The molecule has 40 heavy (non-hydrogen) atoms. The molecule has 3 heterocycles. The summed E-state index contributed by atoms with van der Waals surface area (Å²) in [4.78, 5) is 28.1. The van der Waals surface area contributed by atoms with E-state index in [-0.39, 0.29) is 12.2 Å². The molecule has 204 valence electrons. The molecule has 0 amide bonds. The highest BCUT2D eigenvalue weighted by molar-refractivity contribution is 6.41. The van der Waals surface area contributed by atoms with Crippen LogP contribution < -0.4 is 19.7 Å². The quantitative estimate of drug-likeness (QED) is 0.202. The second-order valence-corrected chi connectivity index (χ2v) is 9.90. The minimum Gasteiger partial charge on any atom is -0.495 e. The Morgan fingerprint density at radius 3 is 2.45 bits per heavy atom. The van der Waals surface area contributed by atoms with Gasteiger partial charge in [0, 0.05) is 73.1 Å². The summed E-state index contributed by atoms with van der Waals surface area (Å²) in [6.45, 7) is 3.60. The SMILES string of the molecule is C=CC(=O)Cc1cc(N(C)C)ccc1Nc1ncc2cc(-c3c(Cl)c(OC)cc(OC)c3Cl)c3nccn3c2n1. The molecular formula is C29H26Cl2N6O3. The van der Waals surface area contributed by atoms with Crippen LogP contribution >= 0.6 is 23.2 Å². The van der Waals surface area contributed by atoms with Crippen molar-refractivity contribution in [3.8, 4) is 22.6 Å². The maximum Gasteiger partial charge on any atom is 0.229 e. The summed E-state index contributed by atoms with van der Waals surface area (Å²) < 4.78 is 12.8. The largest absolute Gasteiger partial charge is 0.495 e. The summed E-state index contributed by atoms with van der Waals surface area (Å²) in [5.41, 5.74) is 4.89. The number of rotatable bonds is 9. The minimum absolute atomic E-state index is 0.0856. The van der Waals surface area contributed by atoms with Gasteiger partial charge in [0.1, 0.15) is 17.1 Å². The van der Waals surface area contributed by atoms with Gasteiger partial charge in [0.25, 0.3) is 0 Å². The number of halogens is 2. The number of carbonyl (C=O) groups is 1. The molecule has 5 aromatic rings. The van der Waals surface area contributed by atoms with E-state index in [1.54, 1.807) is 24.7 Å². The number of pyridine rings is 1. The van der Waals surface area contributed by atoms with E-state index in [1.165, 1.54) is 20.3 Å². The van der Waals surface area contributed by atoms with E-state index in [2.05, 4.69) is 21.9 Å². The molecule has 11 heteroatoms. The van der Waals surface area contributed by atoms with Crippen LogP contribution in [0.15, 0.2) is 61.6 Å². The second-order valence-electron chi connectivity index (χ2n) is 9.14. The van der Waals surface area contributed by atoms with Gasteiger partial charge in [-0.25, -0.2) is 9.97 Å². The van der Waals surface area contributed by atoms with E-state index < -0.39 is 0 Å². The fraction of sp³-hybridized carbons (Fsp3) is 0.172. The molecule has 5 rings (SSSR count). The number of ketones is 1. The number of carbonyl (C=O) groups excluding carboxylic acids is 1. The summed E-state index contributed by atoms with van der Waals surface area (Å²) in [6, 6.07) is 9.35. The lowest BCUT2D eigenvalue weighted by Gasteiger charge is -2.17. The highest BCUT2D eigenvalue weighted by Crippen LogP contribution is 2.47. The number of methoxy groups -OCH3 is 2. The van der Waals surface area contributed by atoms with Gasteiger partial charge < -0.3 is 19.7 Å². The van der Waals surface area contributed by atoms with Gasteiger partial charge in [-0.05, 0) is 35.9 Å².